The maximum Gasteiger partial charge on any atom is 0.319 e. The number of urea groups is 1. The number of carbonyl (C=O) groups is 1. The molecule has 21 heavy (non-hydrogen) atoms. The summed E-state index contributed by atoms with van der Waals surface area (Å²) >= 11 is 0. The summed E-state index contributed by atoms with van der Waals surface area (Å²) in [6.45, 7) is 1.71. The van der Waals surface area contributed by atoms with Crippen LogP contribution in [0.1, 0.15) is 11.3 Å². The molecule has 0 aliphatic carbocycles. The number of aryl methyl sites for hydroxylation is 2. The predicted molar refractivity (Wildman–Crippen MR) is 81.1 cm³/mol. The summed E-state index contributed by atoms with van der Waals surface area (Å²) in [5, 5.41) is 19.1. The fraction of sp³-hybridized carbons (Fsp3) is 0.333. The molecule has 2 rings (SSSR count). The Balaban J connectivity index is 1.92. The first kappa shape index (κ1) is 15.1. The summed E-state index contributed by atoms with van der Waals surface area (Å²) in [5.74, 6) is 0. The first-order chi connectivity index (χ1) is 10.1. The third kappa shape index (κ3) is 4.32. The van der Waals surface area contributed by atoms with Crippen LogP contribution in [0.4, 0.5) is 10.5 Å². The number of carbonyl (C=O) groups excluding carboxylic acids is 1. The maximum atomic E-state index is 12.0. The van der Waals surface area contributed by atoms with E-state index in [9.17, 15) is 9.90 Å². The van der Waals surface area contributed by atoms with Gasteiger partial charge in [0.05, 0.1) is 24.0 Å². The summed E-state index contributed by atoms with van der Waals surface area (Å²) in [7, 11) is 1.79. The normalized spacial score (nSPS) is 12.0. The largest absolute Gasteiger partial charge is 0.394 e. The second-order valence-electron chi connectivity index (χ2n) is 4.97. The second kappa shape index (κ2) is 6.90. The van der Waals surface area contributed by atoms with E-state index in [-0.39, 0.29) is 18.7 Å². The van der Waals surface area contributed by atoms with Gasteiger partial charge in [-0.05, 0) is 18.9 Å². The molecule has 0 unspecified atom stereocenters. The monoisotopic (exact) mass is 288 g/mol. The van der Waals surface area contributed by atoms with Crippen LogP contribution in [0.5, 0.6) is 0 Å². The van der Waals surface area contributed by atoms with Crippen molar-refractivity contribution in [2.75, 3.05) is 11.9 Å². The van der Waals surface area contributed by atoms with Crippen molar-refractivity contribution >= 4 is 11.7 Å². The van der Waals surface area contributed by atoms with Crippen molar-refractivity contribution in [2.45, 2.75) is 19.4 Å². The van der Waals surface area contributed by atoms with Crippen molar-refractivity contribution in [2.24, 2.45) is 7.05 Å². The Hall–Kier alpha value is -2.34. The van der Waals surface area contributed by atoms with Gasteiger partial charge in [0.15, 0.2) is 0 Å². The molecule has 0 aliphatic heterocycles. The molecule has 0 radical (unpaired) electrons. The van der Waals surface area contributed by atoms with E-state index in [1.165, 1.54) is 0 Å². The van der Waals surface area contributed by atoms with Gasteiger partial charge in [-0.15, -0.1) is 0 Å². The van der Waals surface area contributed by atoms with Gasteiger partial charge in [-0.2, -0.15) is 5.10 Å². The smallest absolute Gasteiger partial charge is 0.319 e. The predicted octanol–water partition coefficient (Wildman–Crippen LogP) is 1.45. The standard InChI is InChI=1S/C15H20N4O2/c1-11-14(9-19(2)18-11)17-15(21)16-13(10-20)8-12-6-4-3-5-7-12/h3-7,9,13,20H,8,10H2,1-2H3,(H2,16,17,21)/t13-/m1/s1. The Bertz CT molecular complexity index is 595. The molecular weight excluding hydrogens is 268 g/mol. The van der Waals surface area contributed by atoms with Gasteiger partial charge >= 0.3 is 6.03 Å². The second-order valence-corrected chi connectivity index (χ2v) is 4.97. The number of hydrogen-bond acceptors (Lipinski definition) is 3. The Morgan fingerprint density at radius 1 is 1.38 bits per heavy atom. The van der Waals surface area contributed by atoms with Gasteiger partial charge in [0.25, 0.3) is 0 Å². The fourth-order valence-corrected chi connectivity index (χ4v) is 2.13. The minimum atomic E-state index is -0.346. The molecular formula is C15H20N4O2. The van der Waals surface area contributed by atoms with Crippen molar-refractivity contribution in [3.05, 3.63) is 47.8 Å². The Labute approximate surface area is 123 Å². The average Bonchev–Trinajstić information content (AvgIpc) is 2.77. The molecule has 2 aromatic rings. The first-order valence-electron chi connectivity index (χ1n) is 6.81. The van der Waals surface area contributed by atoms with Gasteiger partial charge in [0.1, 0.15) is 0 Å². The number of amides is 2. The molecule has 1 aromatic heterocycles. The van der Waals surface area contributed by atoms with E-state index in [1.54, 1.807) is 17.9 Å². The van der Waals surface area contributed by atoms with Crippen molar-refractivity contribution in [1.82, 2.24) is 15.1 Å². The quantitative estimate of drug-likeness (QED) is 0.779. The number of hydrogen-bond donors (Lipinski definition) is 3. The SMILES string of the molecule is Cc1nn(C)cc1NC(=O)N[C@@H](CO)Cc1ccccc1. The van der Waals surface area contributed by atoms with Crippen molar-refractivity contribution < 1.29 is 9.90 Å². The number of anilines is 1. The third-order valence-corrected chi connectivity index (χ3v) is 3.14. The highest BCUT2D eigenvalue weighted by atomic mass is 16.3. The highest BCUT2D eigenvalue weighted by Gasteiger charge is 2.13. The lowest BCUT2D eigenvalue weighted by molar-refractivity contribution is 0.224. The Morgan fingerprint density at radius 2 is 2.10 bits per heavy atom. The number of benzene rings is 1. The van der Waals surface area contributed by atoms with Crippen LogP contribution in [-0.2, 0) is 13.5 Å². The van der Waals surface area contributed by atoms with Gasteiger partial charge in [-0.1, -0.05) is 30.3 Å². The van der Waals surface area contributed by atoms with Crippen LogP contribution < -0.4 is 10.6 Å². The number of aliphatic hydroxyl groups is 1. The molecule has 0 spiro atoms. The number of aromatic nitrogens is 2. The van der Waals surface area contributed by atoms with Crippen LogP contribution in [0.2, 0.25) is 0 Å². The molecule has 0 saturated carbocycles. The molecule has 0 saturated heterocycles. The Morgan fingerprint density at radius 3 is 2.67 bits per heavy atom. The molecule has 0 fully saturated rings. The third-order valence-electron chi connectivity index (χ3n) is 3.14. The molecule has 0 bridgehead atoms. The average molecular weight is 288 g/mol. The summed E-state index contributed by atoms with van der Waals surface area (Å²) < 4.78 is 1.64. The van der Waals surface area contributed by atoms with E-state index in [2.05, 4.69) is 15.7 Å². The zero-order chi connectivity index (χ0) is 15.2. The van der Waals surface area contributed by atoms with E-state index in [4.69, 9.17) is 0 Å². The summed E-state index contributed by atoms with van der Waals surface area (Å²) in [4.78, 5) is 12.0. The van der Waals surface area contributed by atoms with Gasteiger partial charge in [-0.3, -0.25) is 4.68 Å². The summed E-state index contributed by atoms with van der Waals surface area (Å²) in [6, 6.07) is 9.06. The van der Waals surface area contributed by atoms with Crippen LogP contribution in [-0.4, -0.2) is 33.6 Å². The first-order valence-corrected chi connectivity index (χ1v) is 6.81. The van der Waals surface area contributed by atoms with E-state index < -0.39 is 0 Å². The van der Waals surface area contributed by atoms with Gasteiger partial charge in [-0.25, -0.2) is 4.79 Å². The van der Waals surface area contributed by atoms with E-state index >= 15 is 0 Å². The number of aliphatic hydroxyl groups excluding tert-OH is 1. The van der Waals surface area contributed by atoms with E-state index in [0.717, 1.165) is 11.3 Å². The van der Waals surface area contributed by atoms with E-state index in [0.29, 0.717) is 12.1 Å². The maximum absolute atomic E-state index is 12.0. The van der Waals surface area contributed by atoms with Crippen LogP contribution >= 0.6 is 0 Å². The van der Waals surface area contributed by atoms with Crippen LogP contribution in [0.25, 0.3) is 0 Å². The lowest BCUT2D eigenvalue weighted by Gasteiger charge is -2.16. The van der Waals surface area contributed by atoms with Crippen LogP contribution in [0.15, 0.2) is 36.5 Å². The molecule has 0 aliphatic rings. The van der Waals surface area contributed by atoms with Gasteiger partial charge < -0.3 is 15.7 Å². The number of rotatable bonds is 5. The van der Waals surface area contributed by atoms with Gasteiger partial charge in [0, 0.05) is 13.2 Å². The molecule has 3 N–H and O–H groups in total. The van der Waals surface area contributed by atoms with Gasteiger partial charge in [0.2, 0.25) is 0 Å². The topological polar surface area (TPSA) is 79.2 Å². The fourth-order valence-electron chi connectivity index (χ4n) is 2.13. The summed E-state index contributed by atoms with van der Waals surface area (Å²) in [6.07, 6.45) is 2.32. The minimum Gasteiger partial charge on any atom is -0.394 e. The molecule has 2 amide bonds. The molecule has 112 valence electrons. The molecule has 1 heterocycles. The summed E-state index contributed by atoms with van der Waals surface area (Å²) in [5.41, 5.74) is 2.47. The lowest BCUT2D eigenvalue weighted by Crippen LogP contribution is -2.41. The molecule has 6 nitrogen and oxygen atoms in total. The molecule has 6 heteroatoms. The molecule has 1 aromatic carbocycles. The van der Waals surface area contributed by atoms with Crippen molar-refractivity contribution in [3.63, 3.8) is 0 Å². The zero-order valence-electron chi connectivity index (χ0n) is 12.2. The number of nitrogens with one attached hydrogen (secondary N) is 2. The van der Waals surface area contributed by atoms with E-state index in [1.807, 2.05) is 37.3 Å². The highest BCUT2D eigenvalue weighted by Crippen LogP contribution is 2.11. The lowest BCUT2D eigenvalue weighted by atomic mass is 10.1. The highest BCUT2D eigenvalue weighted by molar-refractivity contribution is 5.89. The van der Waals surface area contributed by atoms with Crippen molar-refractivity contribution in [3.8, 4) is 0 Å². The molecule has 1 atom stereocenters. The number of nitrogens with zero attached hydrogens (tertiary/aromatic N) is 2. The van der Waals surface area contributed by atoms with Crippen LogP contribution in [0, 0.1) is 6.92 Å². The Kier molecular flexibility index (Phi) is 4.94. The zero-order valence-corrected chi connectivity index (χ0v) is 12.2. The van der Waals surface area contributed by atoms with Crippen LogP contribution in [0.3, 0.4) is 0 Å². The minimum absolute atomic E-state index is 0.117. The van der Waals surface area contributed by atoms with Crippen molar-refractivity contribution in [1.29, 1.82) is 0 Å².